The molecule has 0 spiro atoms. The molecule has 5 heteroatoms. The van der Waals surface area contributed by atoms with Gasteiger partial charge in [0.25, 0.3) is 0 Å². The molecule has 0 unspecified atom stereocenters. The molecule has 2 N–H and O–H groups in total. The van der Waals surface area contributed by atoms with Gasteiger partial charge in [0.2, 0.25) is 5.91 Å². The fourth-order valence-corrected chi connectivity index (χ4v) is 3.76. The van der Waals surface area contributed by atoms with Crippen molar-refractivity contribution in [1.82, 2.24) is 9.88 Å². The van der Waals surface area contributed by atoms with Gasteiger partial charge in [0.05, 0.1) is 5.01 Å². The van der Waals surface area contributed by atoms with Gasteiger partial charge in [-0.1, -0.05) is 30.3 Å². The van der Waals surface area contributed by atoms with Crippen LogP contribution in [0.1, 0.15) is 22.9 Å². The Morgan fingerprint density at radius 1 is 1.32 bits per heavy atom. The number of aromatic nitrogens is 1. The molecular formula is C17H21N3OS. The first kappa shape index (κ1) is 15.2. The topological polar surface area (TPSA) is 59.2 Å². The number of rotatable bonds is 5. The minimum absolute atomic E-state index is 0.215. The van der Waals surface area contributed by atoms with Gasteiger partial charge in [0, 0.05) is 43.4 Å². The van der Waals surface area contributed by atoms with Crippen LogP contribution in [0, 0.1) is 5.92 Å². The van der Waals surface area contributed by atoms with Gasteiger partial charge in [-0.3, -0.25) is 4.79 Å². The van der Waals surface area contributed by atoms with Crippen LogP contribution < -0.4 is 5.73 Å². The number of hydrogen-bond donors (Lipinski definition) is 1. The van der Waals surface area contributed by atoms with Gasteiger partial charge in [-0.15, -0.1) is 11.3 Å². The number of benzene rings is 1. The highest BCUT2D eigenvalue weighted by Crippen LogP contribution is 2.32. The number of thiazole rings is 1. The molecule has 1 amide bonds. The van der Waals surface area contributed by atoms with E-state index in [1.54, 1.807) is 17.5 Å². The lowest BCUT2D eigenvalue weighted by Gasteiger charge is -2.16. The van der Waals surface area contributed by atoms with Crippen LogP contribution in [-0.4, -0.2) is 35.4 Å². The molecule has 2 aromatic rings. The highest BCUT2D eigenvalue weighted by molar-refractivity contribution is 7.09. The number of carbonyl (C=O) groups is 1. The summed E-state index contributed by atoms with van der Waals surface area (Å²) in [6.07, 6.45) is 3.05. The largest absolute Gasteiger partial charge is 0.342 e. The first-order chi connectivity index (χ1) is 10.8. The molecule has 2 atom stereocenters. The minimum Gasteiger partial charge on any atom is -0.342 e. The molecule has 0 radical (unpaired) electrons. The van der Waals surface area contributed by atoms with Gasteiger partial charge in [0.15, 0.2) is 0 Å². The predicted octanol–water partition coefficient (Wildman–Crippen LogP) is 2.28. The third kappa shape index (κ3) is 3.36. The zero-order valence-corrected chi connectivity index (χ0v) is 13.3. The first-order valence-corrected chi connectivity index (χ1v) is 8.57. The molecule has 1 aliphatic heterocycles. The van der Waals surface area contributed by atoms with Crippen molar-refractivity contribution in [2.45, 2.75) is 18.8 Å². The lowest BCUT2D eigenvalue weighted by atomic mass is 9.89. The maximum atomic E-state index is 12.4. The number of hydrogen-bond acceptors (Lipinski definition) is 4. The van der Waals surface area contributed by atoms with E-state index in [9.17, 15) is 4.79 Å². The molecule has 0 saturated carbocycles. The van der Waals surface area contributed by atoms with Crippen molar-refractivity contribution in [2.24, 2.45) is 11.7 Å². The molecule has 1 aromatic heterocycles. The molecule has 4 nitrogen and oxygen atoms in total. The van der Waals surface area contributed by atoms with Gasteiger partial charge in [-0.25, -0.2) is 4.98 Å². The molecule has 0 bridgehead atoms. The first-order valence-electron chi connectivity index (χ1n) is 7.69. The van der Waals surface area contributed by atoms with Crippen LogP contribution >= 0.6 is 11.3 Å². The maximum absolute atomic E-state index is 12.4. The van der Waals surface area contributed by atoms with Gasteiger partial charge >= 0.3 is 0 Å². The van der Waals surface area contributed by atoms with Crippen LogP contribution in [0.2, 0.25) is 0 Å². The Morgan fingerprint density at radius 2 is 2.14 bits per heavy atom. The number of amides is 1. The second kappa shape index (κ2) is 7.03. The normalized spacial score (nSPS) is 21.2. The van der Waals surface area contributed by atoms with Crippen LogP contribution in [0.3, 0.4) is 0 Å². The minimum atomic E-state index is 0.215. The van der Waals surface area contributed by atoms with Crippen LogP contribution in [0.25, 0.3) is 0 Å². The van der Waals surface area contributed by atoms with Crippen LogP contribution in [0.15, 0.2) is 41.9 Å². The Balaban J connectivity index is 1.62. The lowest BCUT2D eigenvalue weighted by molar-refractivity contribution is -0.130. The molecule has 3 rings (SSSR count). The molecular weight excluding hydrogens is 294 g/mol. The van der Waals surface area contributed by atoms with Crippen molar-refractivity contribution >= 4 is 17.2 Å². The standard InChI is InChI=1S/C17H21N3OS/c18-10-14-11-20(12-15(14)13-4-2-1-3-5-13)17(21)7-6-16-19-8-9-22-16/h1-5,8-9,14-15H,6-7,10-12,18H2/t14-,15+/m1/s1. The third-order valence-electron chi connectivity index (χ3n) is 4.36. The molecule has 116 valence electrons. The Bertz CT molecular complexity index is 600. The zero-order chi connectivity index (χ0) is 15.4. The van der Waals surface area contributed by atoms with Crippen LogP contribution in [0.4, 0.5) is 0 Å². The Labute approximate surface area is 135 Å². The number of nitrogens with zero attached hydrogens (tertiary/aromatic N) is 2. The van der Waals surface area contributed by atoms with Crippen molar-refractivity contribution < 1.29 is 4.79 Å². The van der Waals surface area contributed by atoms with E-state index >= 15 is 0 Å². The van der Waals surface area contributed by atoms with E-state index in [1.165, 1.54) is 5.56 Å². The second-order valence-corrected chi connectivity index (χ2v) is 6.72. The lowest BCUT2D eigenvalue weighted by Crippen LogP contribution is -2.30. The van der Waals surface area contributed by atoms with E-state index in [0.717, 1.165) is 24.5 Å². The Morgan fingerprint density at radius 3 is 2.82 bits per heavy atom. The number of likely N-dealkylation sites (tertiary alicyclic amines) is 1. The van der Waals surface area contributed by atoms with Crippen molar-refractivity contribution in [1.29, 1.82) is 0 Å². The highest BCUT2D eigenvalue weighted by atomic mass is 32.1. The molecule has 22 heavy (non-hydrogen) atoms. The third-order valence-corrected chi connectivity index (χ3v) is 5.20. The Hall–Kier alpha value is -1.72. The summed E-state index contributed by atoms with van der Waals surface area (Å²) >= 11 is 1.61. The van der Waals surface area contributed by atoms with Crippen molar-refractivity contribution in [2.75, 3.05) is 19.6 Å². The molecule has 0 aliphatic carbocycles. The SMILES string of the molecule is NC[C@@H]1CN(C(=O)CCc2nccs2)C[C@H]1c1ccccc1. The van der Waals surface area contributed by atoms with E-state index in [2.05, 4.69) is 29.2 Å². The molecule has 1 saturated heterocycles. The van der Waals surface area contributed by atoms with Crippen LogP contribution in [-0.2, 0) is 11.2 Å². The van der Waals surface area contributed by atoms with Gasteiger partial charge in [-0.2, -0.15) is 0 Å². The number of nitrogens with two attached hydrogens (primary N) is 1. The zero-order valence-electron chi connectivity index (χ0n) is 12.5. The number of aryl methyl sites for hydroxylation is 1. The van der Waals surface area contributed by atoms with Gasteiger partial charge < -0.3 is 10.6 Å². The highest BCUT2D eigenvalue weighted by Gasteiger charge is 2.34. The van der Waals surface area contributed by atoms with E-state index < -0.39 is 0 Å². The molecule has 2 heterocycles. The van der Waals surface area contributed by atoms with E-state index in [0.29, 0.717) is 24.8 Å². The smallest absolute Gasteiger partial charge is 0.223 e. The van der Waals surface area contributed by atoms with Crippen molar-refractivity contribution in [3.8, 4) is 0 Å². The summed E-state index contributed by atoms with van der Waals surface area (Å²) in [4.78, 5) is 18.7. The second-order valence-electron chi connectivity index (χ2n) is 5.74. The number of carbonyl (C=O) groups excluding carboxylic acids is 1. The summed E-state index contributed by atoms with van der Waals surface area (Å²) in [6, 6.07) is 10.4. The van der Waals surface area contributed by atoms with E-state index in [4.69, 9.17) is 5.73 Å². The predicted molar refractivity (Wildman–Crippen MR) is 88.7 cm³/mol. The summed E-state index contributed by atoms with van der Waals surface area (Å²) in [6.45, 7) is 2.17. The van der Waals surface area contributed by atoms with E-state index in [-0.39, 0.29) is 5.91 Å². The summed E-state index contributed by atoms with van der Waals surface area (Å²) in [5.74, 6) is 0.924. The quantitative estimate of drug-likeness (QED) is 0.921. The van der Waals surface area contributed by atoms with E-state index in [1.807, 2.05) is 16.3 Å². The van der Waals surface area contributed by atoms with Gasteiger partial charge in [0.1, 0.15) is 0 Å². The molecule has 1 aromatic carbocycles. The molecule has 1 fully saturated rings. The maximum Gasteiger partial charge on any atom is 0.223 e. The molecule has 1 aliphatic rings. The summed E-state index contributed by atoms with van der Waals surface area (Å²) in [5.41, 5.74) is 7.21. The average Bonchev–Trinajstić information content (AvgIpc) is 3.22. The average molecular weight is 315 g/mol. The monoisotopic (exact) mass is 315 g/mol. The fourth-order valence-electron chi connectivity index (χ4n) is 3.14. The Kier molecular flexibility index (Phi) is 4.85. The fraction of sp³-hybridized carbons (Fsp3) is 0.412. The van der Waals surface area contributed by atoms with Crippen molar-refractivity contribution in [3.63, 3.8) is 0 Å². The van der Waals surface area contributed by atoms with Gasteiger partial charge in [-0.05, 0) is 18.0 Å². The summed E-state index contributed by atoms with van der Waals surface area (Å²) in [7, 11) is 0. The van der Waals surface area contributed by atoms with Crippen molar-refractivity contribution in [3.05, 3.63) is 52.5 Å². The summed E-state index contributed by atoms with van der Waals surface area (Å²) in [5, 5.41) is 2.98. The summed E-state index contributed by atoms with van der Waals surface area (Å²) < 4.78 is 0. The van der Waals surface area contributed by atoms with Crippen LogP contribution in [0.5, 0.6) is 0 Å².